The Morgan fingerprint density at radius 3 is 3.00 bits per heavy atom. The maximum absolute atomic E-state index is 11.4. The fraction of sp³-hybridized carbons (Fsp3) is 0.750. The smallest absolute Gasteiger partial charge is 0.329 e. The van der Waals surface area contributed by atoms with E-state index in [2.05, 4.69) is 0 Å². The molecule has 66 valence electrons. The van der Waals surface area contributed by atoms with E-state index < -0.39 is 6.10 Å². The lowest BCUT2D eigenvalue weighted by Crippen LogP contribution is -2.52. The van der Waals surface area contributed by atoms with Crippen LogP contribution in [-0.4, -0.2) is 35.5 Å². The molecule has 0 aromatic heterocycles. The van der Waals surface area contributed by atoms with Crippen LogP contribution in [0.2, 0.25) is 0 Å². The van der Waals surface area contributed by atoms with Gasteiger partial charge in [-0.05, 0) is 19.8 Å². The molecule has 2 fully saturated rings. The van der Waals surface area contributed by atoms with Crippen molar-refractivity contribution < 1.29 is 14.3 Å². The maximum Gasteiger partial charge on any atom is 0.329 e. The number of carbonyl (C=O) groups is 2. The van der Waals surface area contributed by atoms with Crippen molar-refractivity contribution >= 4 is 11.9 Å². The molecule has 2 aliphatic heterocycles. The van der Waals surface area contributed by atoms with Crippen molar-refractivity contribution in [3.05, 3.63) is 0 Å². The largest absolute Gasteiger partial charge is 0.451 e. The van der Waals surface area contributed by atoms with Crippen molar-refractivity contribution in [3.8, 4) is 0 Å². The molecule has 0 bridgehead atoms. The first-order valence-electron chi connectivity index (χ1n) is 4.21. The molecular formula is C8H11NO3. The number of amides is 1. The Bertz CT molecular complexity index is 238. The Morgan fingerprint density at radius 2 is 2.25 bits per heavy atom. The summed E-state index contributed by atoms with van der Waals surface area (Å²) in [5, 5.41) is 0. The van der Waals surface area contributed by atoms with Crippen LogP contribution in [0.4, 0.5) is 0 Å². The van der Waals surface area contributed by atoms with Crippen LogP contribution in [0.5, 0.6) is 0 Å². The van der Waals surface area contributed by atoms with Crippen LogP contribution < -0.4 is 0 Å². The van der Waals surface area contributed by atoms with E-state index in [1.807, 2.05) is 0 Å². The molecular weight excluding hydrogens is 158 g/mol. The third kappa shape index (κ3) is 0.906. The highest BCUT2D eigenvalue weighted by Gasteiger charge is 2.42. The van der Waals surface area contributed by atoms with Crippen LogP contribution in [0.1, 0.15) is 19.8 Å². The Kier molecular flexibility index (Phi) is 1.56. The van der Waals surface area contributed by atoms with Gasteiger partial charge < -0.3 is 9.64 Å². The van der Waals surface area contributed by atoms with Gasteiger partial charge in [-0.1, -0.05) is 0 Å². The molecule has 0 radical (unpaired) electrons. The minimum absolute atomic E-state index is 0.0444. The summed E-state index contributed by atoms with van der Waals surface area (Å²) in [7, 11) is 0. The minimum atomic E-state index is -0.577. The van der Waals surface area contributed by atoms with Crippen molar-refractivity contribution in [2.24, 2.45) is 0 Å². The molecule has 0 saturated carbocycles. The molecule has 0 aromatic carbocycles. The van der Waals surface area contributed by atoms with E-state index >= 15 is 0 Å². The van der Waals surface area contributed by atoms with E-state index in [0.717, 1.165) is 12.8 Å². The fourth-order valence-corrected chi connectivity index (χ4v) is 1.81. The molecule has 2 aliphatic rings. The number of morpholine rings is 1. The molecule has 2 heterocycles. The zero-order chi connectivity index (χ0) is 8.72. The lowest BCUT2D eigenvalue weighted by atomic mass is 10.2. The van der Waals surface area contributed by atoms with Crippen molar-refractivity contribution in [2.45, 2.75) is 31.9 Å². The first-order chi connectivity index (χ1) is 5.70. The third-order valence-electron chi connectivity index (χ3n) is 2.45. The highest BCUT2D eigenvalue weighted by atomic mass is 16.6. The van der Waals surface area contributed by atoms with Crippen LogP contribution in [0, 0.1) is 0 Å². The standard InChI is InChI=1S/C8H11NO3/c1-5-7(10)9-4-2-3-6(9)8(11)12-5/h5-6H,2-4H2,1H3/t5-,6+/m1/s1. The Hall–Kier alpha value is -1.06. The van der Waals surface area contributed by atoms with Gasteiger partial charge in [0.2, 0.25) is 0 Å². The van der Waals surface area contributed by atoms with E-state index in [0.29, 0.717) is 6.54 Å². The van der Waals surface area contributed by atoms with Crippen LogP contribution in [-0.2, 0) is 14.3 Å². The second-order valence-electron chi connectivity index (χ2n) is 3.27. The second kappa shape index (κ2) is 2.47. The first-order valence-corrected chi connectivity index (χ1v) is 4.21. The molecule has 2 saturated heterocycles. The predicted octanol–water partition coefficient (Wildman–Crippen LogP) is -0.0773. The molecule has 12 heavy (non-hydrogen) atoms. The van der Waals surface area contributed by atoms with Crippen LogP contribution in [0.15, 0.2) is 0 Å². The molecule has 4 heteroatoms. The lowest BCUT2D eigenvalue weighted by Gasteiger charge is -2.31. The summed E-state index contributed by atoms with van der Waals surface area (Å²) >= 11 is 0. The first kappa shape index (κ1) is 7.58. The molecule has 1 amide bonds. The van der Waals surface area contributed by atoms with Gasteiger partial charge in [0, 0.05) is 6.54 Å². The predicted molar refractivity (Wildman–Crippen MR) is 40.3 cm³/mol. The summed E-state index contributed by atoms with van der Waals surface area (Å²) in [5.74, 6) is -0.281. The number of ether oxygens (including phenoxy) is 1. The molecule has 0 unspecified atom stereocenters. The van der Waals surface area contributed by atoms with Crippen molar-refractivity contribution in [3.63, 3.8) is 0 Å². The van der Waals surface area contributed by atoms with E-state index in [9.17, 15) is 9.59 Å². The summed E-state index contributed by atoms with van der Waals surface area (Å²) in [4.78, 5) is 24.3. The summed E-state index contributed by atoms with van der Waals surface area (Å²) in [6.07, 6.45) is 1.10. The van der Waals surface area contributed by atoms with Gasteiger partial charge in [-0.25, -0.2) is 4.79 Å². The Morgan fingerprint density at radius 1 is 1.50 bits per heavy atom. The Balaban J connectivity index is 2.23. The molecule has 0 aromatic rings. The third-order valence-corrected chi connectivity index (χ3v) is 2.45. The van der Waals surface area contributed by atoms with Crippen molar-refractivity contribution in [1.82, 2.24) is 4.90 Å². The SMILES string of the molecule is C[C@H]1OC(=O)[C@@H]2CCCN2C1=O. The summed E-state index contributed by atoms with van der Waals surface area (Å²) in [6, 6.07) is -0.284. The monoisotopic (exact) mass is 169 g/mol. The summed E-state index contributed by atoms with van der Waals surface area (Å²) < 4.78 is 4.88. The van der Waals surface area contributed by atoms with Gasteiger partial charge in [-0.3, -0.25) is 4.79 Å². The van der Waals surface area contributed by atoms with Crippen LogP contribution >= 0.6 is 0 Å². The maximum atomic E-state index is 11.4. The van der Waals surface area contributed by atoms with Crippen LogP contribution in [0.3, 0.4) is 0 Å². The number of hydrogen-bond acceptors (Lipinski definition) is 3. The molecule has 4 nitrogen and oxygen atoms in total. The van der Waals surface area contributed by atoms with Gasteiger partial charge in [0.25, 0.3) is 5.91 Å². The second-order valence-corrected chi connectivity index (χ2v) is 3.27. The van der Waals surface area contributed by atoms with Gasteiger partial charge in [0.1, 0.15) is 6.04 Å². The highest BCUT2D eigenvalue weighted by Crippen LogP contribution is 2.24. The molecule has 2 rings (SSSR count). The fourth-order valence-electron chi connectivity index (χ4n) is 1.81. The van der Waals surface area contributed by atoms with Crippen molar-refractivity contribution in [2.75, 3.05) is 6.54 Å². The summed E-state index contributed by atoms with van der Waals surface area (Å²) in [6.45, 7) is 2.33. The number of rotatable bonds is 0. The van der Waals surface area contributed by atoms with Gasteiger partial charge in [0.15, 0.2) is 6.10 Å². The van der Waals surface area contributed by atoms with E-state index in [1.165, 1.54) is 0 Å². The van der Waals surface area contributed by atoms with Crippen LogP contribution in [0.25, 0.3) is 0 Å². The summed E-state index contributed by atoms with van der Waals surface area (Å²) in [5.41, 5.74) is 0. The normalized spacial score (nSPS) is 34.9. The minimum Gasteiger partial charge on any atom is -0.451 e. The quantitative estimate of drug-likeness (QED) is 0.476. The van der Waals surface area contributed by atoms with Gasteiger partial charge >= 0.3 is 5.97 Å². The number of carbonyl (C=O) groups excluding carboxylic acids is 2. The number of cyclic esters (lactones) is 1. The number of fused-ring (bicyclic) bond motifs is 1. The topological polar surface area (TPSA) is 46.6 Å². The van der Waals surface area contributed by atoms with E-state index in [-0.39, 0.29) is 17.9 Å². The zero-order valence-corrected chi connectivity index (χ0v) is 6.95. The average molecular weight is 169 g/mol. The van der Waals surface area contributed by atoms with Gasteiger partial charge in [0.05, 0.1) is 0 Å². The van der Waals surface area contributed by atoms with E-state index in [4.69, 9.17) is 4.74 Å². The zero-order valence-electron chi connectivity index (χ0n) is 6.95. The molecule has 0 N–H and O–H groups in total. The molecule has 0 aliphatic carbocycles. The number of hydrogen-bond donors (Lipinski definition) is 0. The number of nitrogens with zero attached hydrogens (tertiary/aromatic N) is 1. The number of esters is 1. The average Bonchev–Trinajstić information content (AvgIpc) is 2.48. The van der Waals surface area contributed by atoms with E-state index in [1.54, 1.807) is 11.8 Å². The highest BCUT2D eigenvalue weighted by molar-refractivity contribution is 5.92. The van der Waals surface area contributed by atoms with Crippen molar-refractivity contribution in [1.29, 1.82) is 0 Å². The van der Waals surface area contributed by atoms with Gasteiger partial charge in [-0.2, -0.15) is 0 Å². The molecule has 0 spiro atoms. The van der Waals surface area contributed by atoms with Gasteiger partial charge in [-0.15, -0.1) is 0 Å². The molecule has 2 atom stereocenters. The lowest BCUT2D eigenvalue weighted by molar-refractivity contribution is -0.174. The Labute approximate surface area is 70.5 Å².